The molecule has 23 heavy (non-hydrogen) atoms. The second-order valence-corrected chi connectivity index (χ2v) is 5.39. The van der Waals surface area contributed by atoms with E-state index in [-0.39, 0.29) is 18.7 Å². The lowest BCUT2D eigenvalue weighted by Gasteiger charge is -2.15. The van der Waals surface area contributed by atoms with Crippen molar-refractivity contribution >= 4 is 5.91 Å². The van der Waals surface area contributed by atoms with Crippen molar-refractivity contribution in [1.82, 2.24) is 5.32 Å². The summed E-state index contributed by atoms with van der Waals surface area (Å²) in [5.41, 5.74) is 2.21. The minimum absolute atomic E-state index is 0.0240. The number of halogens is 2. The van der Waals surface area contributed by atoms with Crippen LogP contribution in [0.3, 0.4) is 0 Å². The zero-order valence-corrected chi connectivity index (χ0v) is 12.9. The average Bonchev–Trinajstić information content (AvgIpc) is 2.53. The van der Waals surface area contributed by atoms with Gasteiger partial charge in [0.2, 0.25) is 0 Å². The summed E-state index contributed by atoms with van der Waals surface area (Å²) in [5.74, 6) is -4.63. The van der Waals surface area contributed by atoms with E-state index in [2.05, 4.69) is 5.32 Å². The quantitative estimate of drug-likeness (QED) is 0.842. The number of hydrogen-bond acceptors (Lipinski definition) is 2. The molecule has 0 bridgehead atoms. The standard InChI is InChI=1S/C18H19F2NO2/c1-2-8-18(19,20)17(23)21-12-13-9-15(11-16(22)10-13)14-6-4-3-5-7-14/h3-7,9-11,22H,2,8,12H2,1H3,(H,21,23). The molecule has 0 unspecified atom stereocenters. The first-order valence-corrected chi connectivity index (χ1v) is 7.47. The molecule has 2 rings (SSSR count). The number of phenols is 1. The Hall–Kier alpha value is -2.43. The van der Waals surface area contributed by atoms with E-state index in [0.717, 1.165) is 11.1 Å². The predicted molar refractivity (Wildman–Crippen MR) is 85.2 cm³/mol. The molecule has 2 N–H and O–H groups in total. The second-order valence-electron chi connectivity index (χ2n) is 5.39. The van der Waals surface area contributed by atoms with E-state index >= 15 is 0 Å². The van der Waals surface area contributed by atoms with Crippen molar-refractivity contribution in [1.29, 1.82) is 0 Å². The number of amides is 1. The van der Waals surface area contributed by atoms with Gasteiger partial charge in [0.15, 0.2) is 0 Å². The first-order chi connectivity index (χ1) is 10.9. The Morgan fingerprint density at radius 2 is 1.83 bits per heavy atom. The molecule has 0 saturated heterocycles. The van der Waals surface area contributed by atoms with Crippen LogP contribution in [0.1, 0.15) is 25.3 Å². The predicted octanol–water partition coefficient (Wildman–Crippen LogP) is 4.11. The first kappa shape index (κ1) is 16.9. The summed E-state index contributed by atoms with van der Waals surface area (Å²) >= 11 is 0. The molecule has 2 aromatic carbocycles. The van der Waals surface area contributed by atoms with Crippen molar-refractivity contribution < 1.29 is 18.7 Å². The van der Waals surface area contributed by atoms with Gasteiger partial charge >= 0.3 is 5.92 Å². The molecule has 0 aliphatic heterocycles. The molecule has 0 aliphatic carbocycles. The highest BCUT2D eigenvalue weighted by molar-refractivity contribution is 5.83. The Bertz CT molecular complexity index is 672. The molecule has 0 radical (unpaired) electrons. The van der Waals surface area contributed by atoms with Crippen molar-refractivity contribution in [2.75, 3.05) is 0 Å². The Labute approximate surface area is 134 Å². The molecule has 0 aliphatic rings. The number of rotatable bonds is 6. The van der Waals surface area contributed by atoms with E-state index in [4.69, 9.17) is 0 Å². The third-order valence-electron chi connectivity index (χ3n) is 3.43. The molecule has 0 atom stereocenters. The van der Waals surface area contributed by atoms with Gasteiger partial charge in [0, 0.05) is 13.0 Å². The first-order valence-electron chi connectivity index (χ1n) is 7.47. The third kappa shape index (κ3) is 4.52. The summed E-state index contributed by atoms with van der Waals surface area (Å²) in [6.07, 6.45) is -0.251. The highest BCUT2D eigenvalue weighted by Crippen LogP contribution is 2.26. The Morgan fingerprint density at radius 3 is 2.48 bits per heavy atom. The number of benzene rings is 2. The van der Waals surface area contributed by atoms with Crippen molar-refractivity contribution in [2.45, 2.75) is 32.2 Å². The van der Waals surface area contributed by atoms with Crippen LogP contribution in [0.5, 0.6) is 5.75 Å². The largest absolute Gasteiger partial charge is 0.508 e. The molecule has 2 aromatic rings. The van der Waals surface area contributed by atoms with Crippen molar-refractivity contribution in [3.63, 3.8) is 0 Å². The fourth-order valence-electron chi connectivity index (χ4n) is 2.31. The van der Waals surface area contributed by atoms with Crippen LogP contribution in [0.25, 0.3) is 11.1 Å². The van der Waals surface area contributed by atoms with Crippen LogP contribution in [0.2, 0.25) is 0 Å². The van der Waals surface area contributed by atoms with Gasteiger partial charge in [-0.2, -0.15) is 8.78 Å². The maximum atomic E-state index is 13.5. The van der Waals surface area contributed by atoms with Crippen molar-refractivity contribution in [3.05, 3.63) is 54.1 Å². The highest BCUT2D eigenvalue weighted by atomic mass is 19.3. The summed E-state index contributed by atoms with van der Waals surface area (Å²) in [4.78, 5) is 11.5. The fourth-order valence-corrected chi connectivity index (χ4v) is 2.31. The lowest BCUT2D eigenvalue weighted by molar-refractivity contribution is -0.146. The van der Waals surface area contributed by atoms with E-state index in [1.54, 1.807) is 19.1 Å². The molecule has 0 heterocycles. The van der Waals surface area contributed by atoms with Crippen LogP contribution >= 0.6 is 0 Å². The summed E-state index contributed by atoms with van der Waals surface area (Å²) in [5, 5.41) is 12.0. The van der Waals surface area contributed by atoms with Crippen LogP contribution in [-0.4, -0.2) is 16.9 Å². The lowest BCUT2D eigenvalue weighted by atomic mass is 10.0. The molecule has 122 valence electrons. The van der Waals surface area contributed by atoms with Crippen molar-refractivity contribution in [2.24, 2.45) is 0 Å². The van der Waals surface area contributed by atoms with E-state index in [1.165, 1.54) is 6.07 Å². The summed E-state index contributed by atoms with van der Waals surface area (Å²) in [6.45, 7) is 1.54. The molecule has 3 nitrogen and oxygen atoms in total. The van der Waals surface area contributed by atoms with Crippen LogP contribution < -0.4 is 5.32 Å². The van der Waals surface area contributed by atoms with Gasteiger partial charge in [-0.25, -0.2) is 0 Å². The van der Waals surface area contributed by atoms with Gasteiger partial charge in [-0.15, -0.1) is 0 Å². The van der Waals surface area contributed by atoms with Crippen LogP contribution in [-0.2, 0) is 11.3 Å². The van der Waals surface area contributed by atoms with Gasteiger partial charge in [0.1, 0.15) is 5.75 Å². The van der Waals surface area contributed by atoms with Crippen LogP contribution in [0.4, 0.5) is 8.78 Å². The molecule has 0 fully saturated rings. The number of hydrogen-bond donors (Lipinski definition) is 2. The van der Waals surface area contributed by atoms with E-state index in [0.29, 0.717) is 5.56 Å². The number of carbonyl (C=O) groups is 1. The van der Waals surface area contributed by atoms with Gasteiger partial charge in [-0.3, -0.25) is 4.79 Å². The monoisotopic (exact) mass is 319 g/mol. The Kier molecular flexibility index (Phi) is 5.32. The Morgan fingerprint density at radius 1 is 1.13 bits per heavy atom. The zero-order valence-electron chi connectivity index (χ0n) is 12.9. The maximum Gasteiger partial charge on any atom is 0.324 e. The molecular formula is C18H19F2NO2. The summed E-state index contributed by atoms with van der Waals surface area (Å²) in [7, 11) is 0. The number of carbonyl (C=O) groups excluding carboxylic acids is 1. The topological polar surface area (TPSA) is 49.3 Å². The van der Waals surface area contributed by atoms with E-state index in [9.17, 15) is 18.7 Å². The van der Waals surface area contributed by atoms with Crippen molar-refractivity contribution in [3.8, 4) is 16.9 Å². The number of aromatic hydroxyl groups is 1. The maximum absolute atomic E-state index is 13.5. The van der Waals surface area contributed by atoms with Gasteiger partial charge < -0.3 is 10.4 Å². The highest BCUT2D eigenvalue weighted by Gasteiger charge is 2.37. The SMILES string of the molecule is CCCC(F)(F)C(=O)NCc1cc(O)cc(-c2ccccc2)c1. The minimum Gasteiger partial charge on any atom is -0.508 e. The summed E-state index contributed by atoms with van der Waals surface area (Å²) in [6, 6.07) is 14.2. The molecule has 5 heteroatoms. The molecule has 0 saturated carbocycles. The van der Waals surface area contributed by atoms with Gasteiger partial charge in [0.25, 0.3) is 5.91 Å². The molecule has 1 amide bonds. The van der Waals surface area contributed by atoms with Crippen LogP contribution in [0.15, 0.2) is 48.5 Å². The normalized spacial score (nSPS) is 11.3. The number of alkyl halides is 2. The Balaban J connectivity index is 2.12. The van der Waals surface area contributed by atoms with Crippen LogP contribution in [0, 0.1) is 0 Å². The number of nitrogens with one attached hydrogen (secondary N) is 1. The average molecular weight is 319 g/mol. The number of phenolic OH excluding ortho intramolecular Hbond substituents is 1. The van der Waals surface area contributed by atoms with Gasteiger partial charge in [0.05, 0.1) is 0 Å². The minimum atomic E-state index is -3.37. The fraction of sp³-hybridized carbons (Fsp3) is 0.278. The summed E-state index contributed by atoms with van der Waals surface area (Å²) < 4.78 is 27.0. The molecule has 0 aromatic heterocycles. The van der Waals surface area contributed by atoms with Gasteiger partial charge in [-0.05, 0) is 41.3 Å². The van der Waals surface area contributed by atoms with E-state index < -0.39 is 18.3 Å². The van der Waals surface area contributed by atoms with E-state index in [1.807, 2.05) is 30.3 Å². The molecule has 0 spiro atoms. The zero-order chi connectivity index (χ0) is 16.9. The molecular weight excluding hydrogens is 300 g/mol. The smallest absolute Gasteiger partial charge is 0.324 e. The second kappa shape index (κ2) is 7.22. The third-order valence-corrected chi connectivity index (χ3v) is 3.43. The lowest BCUT2D eigenvalue weighted by Crippen LogP contribution is -2.39. The van der Waals surface area contributed by atoms with Gasteiger partial charge in [-0.1, -0.05) is 37.3 Å².